The van der Waals surface area contributed by atoms with Crippen molar-refractivity contribution in [2.24, 2.45) is 16.0 Å². The van der Waals surface area contributed by atoms with Crippen molar-refractivity contribution in [1.29, 1.82) is 0 Å². The summed E-state index contributed by atoms with van der Waals surface area (Å²) in [5.41, 5.74) is 0.701. The van der Waals surface area contributed by atoms with Gasteiger partial charge in [0, 0.05) is 26.7 Å². The molecule has 3 aromatic rings. The van der Waals surface area contributed by atoms with Crippen molar-refractivity contribution in [2.45, 2.75) is 28.5 Å². The predicted octanol–water partition coefficient (Wildman–Crippen LogP) is 1.59. The summed E-state index contributed by atoms with van der Waals surface area (Å²) in [6, 6.07) is 7.73. The highest BCUT2D eigenvalue weighted by Gasteiger charge is 2.33. The number of methoxy groups -OCH3 is 1. The van der Waals surface area contributed by atoms with E-state index in [1.165, 1.54) is 27.8 Å². The van der Waals surface area contributed by atoms with Crippen LogP contribution in [0.25, 0.3) is 10.2 Å². The number of primary sulfonamides is 1. The number of benzene rings is 1. The van der Waals surface area contributed by atoms with Crippen molar-refractivity contribution < 1.29 is 26.4 Å². The number of carbonyl (C=O) groups excluding carboxylic acids is 1. The number of nitrogens with two attached hydrogens (primary N) is 1. The van der Waals surface area contributed by atoms with Gasteiger partial charge in [0.2, 0.25) is 10.0 Å². The van der Waals surface area contributed by atoms with Crippen LogP contribution in [0.3, 0.4) is 0 Å². The number of nitrogens with zero attached hydrogens (tertiary/aromatic N) is 3. The van der Waals surface area contributed by atoms with Gasteiger partial charge in [-0.05, 0) is 42.5 Å². The standard InChI is InChI=1S/C20H24N4O6S4/c1-30-10-9-24-16-7-6-15(33(21,26)27)12-17(16)32-20(24)22-19(25)14-4-2-8-23(13-14)34(28,29)18-5-3-11-31-18/h3,5-7,11-12,14H,2,4,8-10,13H2,1H3,(H2,21,26,27). The molecular weight excluding hydrogens is 521 g/mol. The summed E-state index contributed by atoms with van der Waals surface area (Å²) >= 11 is 2.32. The molecule has 1 unspecified atom stereocenters. The van der Waals surface area contributed by atoms with E-state index in [9.17, 15) is 21.6 Å². The number of aromatic nitrogens is 1. The Morgan fingerprint density at radius 3 is 2.74 bits per heavy atom. The highest BCUT2D eigenvalue weighted by atomic mass is 32.2. The van der Waals surface area contributed by atoms with Gasteiger partial charge in [-0.25, -0.2) is 22.0 Å². The molecule has 1 amide bonds. The predicted molar refractivity (Wildman–Crippen MR) is 129 cm³/mol. The summed E-state index contributed by atoms with van der Waals surface area (Å²) < 4.78 is 58.5. The summed E-state index contributed by atoms with van der Waals surface area (Å²) in [5.74, 6) is -0.972. The minimum absolute atomic E-state index is 0.0280. The monoisotopic (exact) mass is 544 g/mol. The Morgan fingerprint density at radius 2 is 2.06 bits per heavy atom. The van der Waals surface area contributed by atoms with Crippen molar-refractivity contribution >= 4 is 58.8 Å². The number of sulfonamides is 2. The van der Waals surface area contributed by atoms with Gasteiger partial charge in [0.25, 0.3) is 15.9 Å². The van der Waals surface area contributed by atoms with Gasteiger partial charge in [0.15, 0.2) is 4.80 Å². The molecule has 1 aliphatic heterocycles. The first kappa shape index (κ1) is 25.2. The Labute approximate surface area is 205 Å². The molecule has 0 radical (unpaired) electrons. The first-order valence-electron chi connectivity index (χ1n) is 10.4. The zero-order valence-electron chi connectivity index (χ0n) is 18.3. The van der Waals surface area contributed by atoms with E-state index >= 15 is 0 Å². The minimum Gasteiger partial charge on any atom is -0.383 e. The van der Waals surface area contributed by atoms with Gasteiger partial charge in [-0.3, -0.25) is 4.79 Å². The molecule has 1 fully saturated rings. The molecule has 2 aromatic heterocycles. The van der Waals surface area contributed by atoms with Crippen LogP contribution in [0.1, 0.15) is 12.8 Å². The Morgan fingerprint density at radius 1 is 1.26 bits per heavy atom. The fourth-order valence-electron chi connectivity index (χ4n) is 3.80. The summed E-state index contributed by atoms with van der Waals surface area (Å²) in [4.78, 5) is 17.8. The zero-order valence-corrected chi connectivity index (χ0v) is 21.6. The molecule has 34 heavy (non-hydrogen) atoms. The number of carbonyl (C=O) groups is 1. The largest absolute Gasteiger partial charge is 0.383 e. The van der Waals surface area contributed by atoms with Crippen LogP contribution in [0, 0.1) is 5.92 Å². The lowest BCUT2D eigenvalue weighted by molar-refractivity contribution is -0.122. The molecule has 0 bridgehead atoms. The third-order valence-electron chi connectivity index (χ3n) is 5.53. The van der Waals surface area contributed by atoms with Crippen LogP contribution < -0.4 is 9.94 Å². The normalized spacial score (nSPS) is 18.5. The summed E-state index contributed by atoms with van der Waals surface area (Å²) in [6.07, 6.45) is 1.10. The first-order valence-corrected chi connectivity index (χ1v) is 15.1. The van der Waals surface area contributed by atoms with E-state index in [4.69, 9.17) is 9.88 Å². The van der Waals surface area contributed by atoms with E-state index in [1.807, 2.05) is 0 Å². The molecule has 14 heteroatoms. The van der Waals surface area contributed by atoms with E-state index in [2.05, 4.69) is 4.99 Å². The third kappa shape index (κ3) is 5.17. The average molecular weight is 545 g/mol. The van der Waals surface area contributed by atoms with Crippen molar-refractivity contribution in [3.05, 3.63) is 40.5 Å². The van der Waals surface area contributed by atoms with E-state index in [1.54, 1.807) is 35.3 Å². The van der Waals surface area contributed by atoms with Crippen LogP contribution in [0.15, 0.2) is 49.8 Å². The lowest BCUT2D eigenvalue weighted by atomic mass is 9.99. The SMILES string of the molecule is COCCn1c(=NC(=O)C2CCCN(S(=O)(=O)c3cccs3)C2)sc2cc(S(N)(=O)=O)ccc21. The lowest BCUT2D eigenvalue weighted by Gasteiger charge is -2.29. The van der Waals surface area contributed by atoms with Gasteiger partial charge in [-0.1, -0.05) is 17.4 Å². The molecule has 1 aliphatic rings. The second-order valence-electron chi connectivity index (χ2n) is 7.79. The molecule has 0 spiro atoms. The number of thiazole rings is 1. The number of ether oxygens (including phenoxy) is 1. The molecule has 0 saturated carbocycles. The first-order chi connectivity index (χ1) is 16.1. The number of fused-ring (bicyclic) bond motifs is 1. The topological polar surface area (TPSA) is 141 Å². The Bertz CT molecular complexity index is 1470. The molecule has 0 aliphatic carbocycles. The van der Waals surface area contributed by atoms with Crippen LogP contribution >= 0.6 is 22.7 Å². The highest BCUT2D eigenvalue weighted by molar-refractivity contribution is 7.91. The molecule has 4 rings (SSSR count). The number of piperidine rings is 1. The fourth-order valence-corrected chi connectivity index (χ4v) is 8.18. The van der Waals surface area contributed by atoms with Crippen LogP contribution in [0.2, 0.25) is 0 Å². The summed E-state index contributed by atoms with van der Waals surface area (Å²) in [5, 5.41) is 6.96. The molecule has 1 atom stereocenters. The summed E-state index contributed by atoms with van der Waals surface area (Å²) in [7, 11) is -5.97. The number of hydrogen-bond acceptors (Lipinski definition) is 8. The Kier molecular flexibility index (Phi) is 7.38. The Hall–Kier alpha value is -1.94. The van der Waals surface area contributed by atoms with Gasteiger partial charge in [0.05, 0.1) is 27.6 Å². The second kappa shape index (κ2) is 9.97. The lowest BCUT2D eigenvalue weighted by Crippen LogP contribution is -2.42. The number of amides is 1. The quantitative estimate of drug-likeness (QED) is 0.479. The van der Waals surface area contributed by atoms with Gasteiger partial charge in [-0.15, -0.1) is 11.3 Å². The maximum Gasteiger partial charge on any atom is 0.252 e. The molecule has 1 aromatic carbocycles. The zero-order chi connectivity index (χ0) is 24.5. The minimum atomic E-state index is -3.88. The fraction of sp³-hybridized carbons (Fsp3) is 0.400. The Balaban J connectivity index is 1.67. The van der Waals surface area contributed by atoms with Crippen molar-refractivity contribution in [3.63, 3.8) is 0 Å². The maximum absolute atomic E-state index is 13.1. The van der Waals surface area contributed by atoms with Crippen molar-refractivity contribution in [1.82, 2.24) is 8.87 Å². The molecular formula is C20H24N4O6S4. The van der Waals surface area contributed by atoms with E-state index < -0.39 is 31.9 Å². The van der Waals surface area contributed by atoms with Gasteiger partial charge >= 0.3 is 0 Å². The van der Waals surface area contributed by atoms with Crippen molar-refractivity contribution in [2.75, 3.05) is 26.8 Å². The molecule has 184 valence electrons. The van der Waals surface area contributed by atoms with Crippen molar-refractivity contribution in [3.8, 4) is 0 Å². The van der Waals surface area contributed by atoms with E-state index in [0.29, 0.717) is 47.6 Å². The highest BCUT2D eigenvalue weighted by Crippen LogP contribution is 2.27. The maximum atomic E-state index is 13.1. The number of rotatable bonds is 7. The number of hydrogen-bond donors (Lipinski definition) is 1. The number of thiophene rings is 1. The molecule has 3 heterocycles. The van der Waals surface area contributed by atoms with Gasteiger partial charge < -0.3 is 9.30 Å². The van der Waals surface area contributed by atoms with Gasteiger partial charge in [-0.2, -0.15) is 9.30 Å². The molecule has 10 nitrogen and oxygen atoms in total. The summed E-state index contributed by atoms with van der Waals surface area (Å²) in [6.45, 7) is 1.19. The van der Waals surface area contributed by atoms with E-state index in [0.717, 1.165) is 11.3 Å². The van der Waals surface area contributed by atoms with Crippen LogP contribution in [-0.2, 0) is 36.1 Å². The molecule has 2 N–H and O–H groups in total. The smallest absolute Gasteiger partial charge is 0.252 e. The van der Waals surface area contributed by atoms with Crippen LogP contribution in [0.4, 0.5) is 0 Å². The van der Waals surface area contributed by atoms with Gasteiger partial charge in [0.1, 0.15) is 4.21 Å². The molecule has 1 saturated heterocycles. The van der Waals surface area contributed by atoms with Crippen LogP contribution in [0.5, 0.6) is 0 Å². The third-order valence-corrected chi connectivity index (χ3v) is 10.7. The second-order valence-corrected chi connectivity index (χ2v) is 13.5. The van der Waals surface area contributed by atoms with Crippen LogP contribution in [-0.4, -0.2) is 58.4 Å². The van der Waals surface area contributed by atoms with E-state index in [-0.39, 0.29) is 15.6 Å². The average Bonchev–Trinajstić information content (AvgIpc) is 3.45.